The minimum absolute atomic E-state index is 0.157. The van der Waals surface area contributed by atoms with Gasteiger partial charge in [0.15, 0.2) is 0 Å². The zero-order chi connectivity index (χ0) is 13.8. The molecular formula is C18H24N2. The van der Waals surface area contributed by atoms with Gasteiger partial charge in [0.25, 0.3) is 0 Å². The highest BCUT2D eigenvalue weighted by atomic mass is 14.6. The van der Waals surface area contributed by atoms with Crippen LogP contribution >= 0.6 is 0 Å². The first kappa shape index (κ1) is 13.6. The SMILES string of the molecule is NC(CC1CCCCCC1)c1cccc2cnccc12. The van der Waals surface area contributed by atoms with E-state index in [1.54, 1.807) is 0 Å². The zero-order valence-corrected chi connectivity index (χ0v) is 12.1. The molecule has 1 aromatic heterocycles. The first-order valence-electron chi connectivity index (χ1n) is 7.93. The molecule has 1 aliphatic rings. The Hall–Kier alpha value is -1.41. The molecule has 1 heterocycles. The third-order valence-corrected chi connectivity index (χ3v) is 4.68. The Bertz CT molecular complexity index is 551. The van der Waals surface area contributed by atoms with Gasteiger partial charge >= 0.3 is 0 Å². The Morgan fingerprint density at radius 1 is 1.10 bits per heavy atom. The third kappa shape index (κ3) is 3.01. The second kappa shape index (κ2) is 6.36. The number of nitrogens with two attached hydrogens (primary N) is 1. The van der Waals surface area contributed by atoms with Gasteiger partial charge in [-0.25, -0.2) is 0 Å². The monoisotopic (exact) mass is 268 g/mol. The number of aromatic nitrogens is 1. The average molecular weight is 268 g/mol. The number of pyridine rings is 1. The smallest absolute Gasteiger partial charge is 0.0346 e. The van der Waals surface area contributed by atoms with Crippen molar-refractivity contribution in [1.82, 2.24) is 4.98 Å². The maximum Gasteiger partial charge on any atom is 0.0346 e. The van der Waals surface area contributed by atoms with Crippen LogP contribution in [0.2, 0.25) is 0 Å². The summed E-state index contributed by atoms with van der Waals surface area (Å²) in [6, 6.07) is 8.65. The van der Waals surface area contributed by atoms with E-state index in [1.165, 1.54) is 54.9 Å². The molecular weight excluding hydrogens is 244 g/mol. The van der Waals surface area contributed by atoms with Crippen molar-refractivity contribution in [2.24, 2.45) is 11.7 Å². The normalized spacial score (nSPS) is 18.9. The molecule has 0 aliphatic heterocycles. The zero-order valence-electron chi connectivity index (χ0n) is 12.1. The summed E-state index contributed by atoms with van der Waals surface area (Å²) < 4.78 is 0. The van der Waals surface area contributed by atoms with Gasteiger partial charge in [0, 0.05) is 23.8 Å². The molecule has 0 bridgehead atoms. The van der Waals surface area contributed by atoms with Crippen LogP contribution in [-0.4, -0.2) is 4.98 Å². The Kier molecular flexibility index (Phi) is 4.31. The summed E-state index contributed by atoms with van der Waals surface area (Å²) in [6.07, 6.45) is 13.2. The topological polar surface area (TPSA) is 38.9 Å². The van der Waals surface area contributed by atoms with Crippen molar-refractivity contribution in [3.63, 3.8) is 0 Å². The fraction of sp³-hybridized carbons (Fsp3) is 0.500. The second-order valence-corrected chi connectivity index (χ2v) is 6.14. The molecule has 1 saturated carbocycles. The van der Waals surface area contributed by atoms with Crippen LogP contribution in [0, 0.1) is 5.92 Å². The number of fused-ring (bicyclic) bond motifs is 1. The van der Waals surface area contributed by atoms with Crippen LogP contribution in [0.4, 0.5) is 0 Å². The summed E-state index contributed by atoms with van der Waals surface area (Å²) in [5, 5.41) is 2.46. The van der Waals surface area contributed by atoms with Gasteiger partial charge in [0.1, 0.15) is 0 Å². The van der Waals surface area contributed by atoms with E-state index in [2.05, 4.69) is 29.2 Å². The van der Waals surface area contributed by atoms with Gasteiger partial charge in [-0.15, -0.1) is 0 Å². The fourth-order valence-electron chi connectivity index (χ4n) is 3.56. The van der Waals surface area contributed by atoms with E-state index in [4.69, 9.17) is 5.73 Å². The van der Waals surface area contributed by atoms with E-state index in [0.29, 0.717) is 0 Å². The van der Waals surface area contributed by atoms with Gasteiger partial charge in [-0.2, -0.15) is 0 Å². The molecule has 2 heteroatoms. The van der Waals surface area contributed by atoms with Gasteiger partial charge in [-0.1, -0.05) is 56.7 Å². The van der Waals surface area contributed by atoms with E-state index >= 15 is 0 Å². The minimum Gasteiger partial charge on any atom is -0.324 e. The summed E-state index contributed by atoms with van der Waals surface area (Å²) in [7, 11) is 0. The van der Waals surface area contributed by atoms with Crippen LogP contribution in [0.1, 0.15) is 56.6 Å². The molecule has 1 aromatic carbocycles. The molecule has 1 atom stereocenters. The van der Waals surface area contributed by atoms with Crippen molar-refractivity contribution in [3.05, 3.63) is 42.2 Å². The lowest BCUT2D eigenvalue weighted by molar-refractivity contribution is 0.394. The number of nitrogens with zero attached hydrogens (tertiary/aromatic N) is 1. The second-order valence-electron chi connectivity index (χ2n) is 6.14. The van der Waals surface area contributed by atoms with E-state index < -0.39 is 0 Å². The molecule has 0 spiro atoms. The van der Waals surface area contributed by atoms with Gasteiger partial charge in [-0.3, -0.25) is 4.98 Å². The molecule has 0 radical (unpaired) electrons. The van der Waals surface area contributed by atoms with Crippen molar-refractivity contribution in [2.75, 3.05) is 0 Å². The van der Waals surface area contributed by atoms with E-state index in [-0.39, 0.29) is 6.04 Å². The highest BCUT2D eigenvalue weighted by molar-refractivity contribution is 5.85. The van der Waals surface area contributed by atoms with Crippen LogP contribution in [-0.2, 0) is 0 Å². The van der Waals surface area contributed by atoms with E-state index in [1.807, 2.05) is 12.4 Å². The van der Waals surface area contributed by atoms with Crippen LogP contribution in [0.3, 0.4) is 0 Å². The lowest BCUT2D eigenvalue weighted by Crippen LogP contribution is -2.15. The largest absolute Gasteiger partial charge is 0.324 e. The standard InChI is InChI=1S/C18H24N2/c19-18(12-14-6-3-1-2-4-7-14)17-9-5-8-15-13-20-11-10-16(15)17/h5,8-11,13-14,18H,1-4,6-7,12,19H2. The maximum absolute atomic E-state index is 6.52. The molecule has 0 amide bonds. The highest BCUT2D eigenvalue weighted by Gasteiger charge is 2.18. The van der Waals surface area contributed by atoms with Crippen molar-refractivity contribution < 1.29 is 0 Å². The molecule has 2 aromatic rings. The molecule has 1 aliphatic carbocycles. The third-order valence-electron chi connectivity index (χ3n) is 4.68. The number of rotatable bonds is 3. The Labute approximate surface area is 121 Å². The van der Waals surface area contributed by atoms with Crippen LogP contribution in [0.25, 0.3) is 10.8 Å². The number of hydrogen-bond acceptors (Lipinski definition) is 2. The van der Waals surface area contributed by atoms with Gasteiger partial charge in [0.05, 0.1) is 0 Å². The van der Waals surface area contributed by atoms with E-state index in [0.717, 1.165) is 12.3 Å². The van der Waals surface area contributed by atoms with Gasteiger partial charge < -0.3 is 5.73 Å². The van der Waals surface area contributed by atoms with E-state index in [9.17, 15) is 0 Å². The predicted octanol–water partition coefficient (Wildman–Crippen LogP) is 4.60. The van der Waals surface area contributed by atoms with Crippen molar-refractivity contribution in [2.45, 2.75) is 51.0 Å². The quantitative estimate of drug-likeness (QED) is 0.826. The van der Waals surface area contributed by atoms with Crippen molar-refractivity contribution in [3.8, 4) is 0 Å². The molecule has 2 nitrogen and oxygen atoms in total. The number of hydrogen-bond donors (Lipinski definition) is 1. The summed E-state index contributed by atoms with van der Waals surface area (Å²) in [5.41, 5.74) is 7.81. The Morgan fingerprint density at radius 2 is 1.90 bits per heavy atom. The first-order valence-corrected chi connectivity index (χ1v) is 7.93. The lowest BCUT2D eigenvalue weighted by Gasteiger charge is -2.20. The molecule has 3 rings (SSSR count). The molecule has 2 N–H and O–H groups in total. The predicted molar refractivity (Wildman–Crippen MR) is 84.5 cm³/mol. The van der Waals surface area contributed by atoms with Crippen LogP contribution < -0.4 is 5.73 Å². The maximum atomic E-state index is 6.52. The average Bonchev–Trinajstić information content (AvgIpc) is 2.75. The van der Waals surface area contributed by atoms with Gasteiger partial charge in [0.2, 0.25) is 0 Å². The van der Waals surface area contributed by atoms with Crippen LogP contribution in [0.5, 0.6) is 0 Å². The number of benzene rings is 1. The molecule has 1 fully saturated rings. The highest BCUT2D eigenvalue weighted by Crippen LogP contribution is 2.32. The lowest BCUT2D eigenvalue weighted by atomic mass is 9.88. The molecule has 1 unspecified atom stereocenters. The summed E-state index contributed by atoms with van der Waals surface area (Å²) in [5.74, 6) is 0.810. The Morgan fingerprint density at radius 3 is 2.70 bits per heavy atom. The van der Waals surface area contributed by atoms with Crippen molar-refractivity contribution in [1.29, 1.82) is 0 Å². The summed E-state index contributed by atoms with van der Waals surface area (Å²) in [6.45, 7) is 0. The molecule has 106 valence electrons. The summed E-state index contributed by atoms with van der Waals surface area (Å²) in [4.78, 5) is 4.20. The van der Waals surface area contributed by atoms with Crippen LogP contribution in [0.15, 0.2) is 36.7 Å². The van der Waals surface area contributed by atoms with Crippen molar-refractivity contribution >= 4 is 10.8 Å². The first-order chi connectivity index (χ1) is 9.84. The molecule has 0 saturated heterocycles. The Balaban J connectivity index is 1.79. The van der Waals surface area contributed by atoms with Gasteiger partial charge in [-0.05, 0) is 29.4 Å². The minimum atomic E-state index is 0.157. The fourth-order valence-corrected chi connectivity index (χ4v) is 3.56. The molecule has 20 heavy (non-hydrogen) atoms. The summed E-state index contributed by atoms with van der Waals surface area (Å²) >= 11 is 0.